The molecule has 1 heterocycles. The van der Waals surface area contributed by atoms with E-state index in [9.17, 15) is 15.0 Å². The Hall–Kier alpha value is -0.570. The first-order valence-corrected chi connectivity index (χ1v) is 5.36. The first-order chi connectivity index (χ1) is 7.84. The average Bonchev–Trinajstić information content (AvgIpc) is 2.31. The molecule has 0 spiro atoms. The van der Waals surface area contributed by atoms with E-state index in [2.05, 4.69) is 0 Å². The van der Waals surface area contributed by atoms with E-state index in [0.717, 1.165) is 6.29 Å². The highest BCUT2D eigenvalue weighted by Gasteiger charge is 2.41. The van der Waals surface area contributed by atoms with E-state index in [1.54, 1.807) is 0 Å². The van der Waals surface area contributed by atoms with Crippen LogP contribution in [0.5, 0.6) is 0 Å². The Morgan fingerprint density at radius 3 is 2.12 bits per heavy atom. The van der Waals surface area contributed by atoms with Crippen molar-refractivity contribution in [2.45, 2.75) is 44.5 Å². The molecule has 7 nitrogen and oxygen atoms in total. The van der Waals surface area contributed by atoms with Crippen LogP contribution in [0.4, 0.5) is 0 Å². The molecule has 17 heavy (non-hydrogen) atoms. The summed E-state index contributed by atoms with van der Waals surface area (Å²) in [5.74, 6) is 0.204. The van der Waals surface area contributed by atoms with Crippen molar-refractivity contribution in [1.29, 1.82) is 0 Å². The van der Waals surface area contributed by atoms with Crippen molar-refractivity contribution < 1.29 is 30.0 Å². The molecule has 0 unspecified atom stereocenters. The van der Waals surface area contributed by atoms with E-state index >= 15 is 0 Å². The number of hydrogen-bond donors (Lipinski definition) is 5. The van der Waals surface area contributed by atoms with Gasteiger partial charge in [-0.3, -0.25) is 0 Å². The van der Waals surface area contributed by atoms with Gasteiger partial charge in [-0.15, -0.1) is 0 Å². The Kier molecular flexibility index (Phi) is 7.44. The van der Waals surface area contributed by atoms with Crippen LogP contribution in [0.1, 0.15) is 13.8 Å². The van der Waals surface area contributed by atoms with Gasteiger partial charge >= 0.3 is 0 Å². The van der Waals surface area contributed by atoms with E-state index in [1.165, 1.54) is 0 Å². The Morgan fingerprint density at radius 1 is 1.29 bits per heavy atom. The van der Waals surface area contributed by atoms with Gasteiger partial charge in [0.05, 0.1) is 12.6 Å². The Balaban J connectivity index is 0.000000437. The number of rotatable bonds is 2. The molecule has 0 aromatic heterocycles. The summed E-state index contributed by atoms with van der Waals surface area (Å²) in [6.45, 7) is 3.24. The lowest BCUT2D eigenvalue weighted by Crippen LogP contribution is -2.61. The van der Waals surface area contributed by atoms with Crippen molar-refractivity contribution in [2.75, 3.05) is 6.61 Å². The number of nitrogens with two attached hydrogens (primary N) is 1. The van der Waals surface area contributed by atoms with E-state index in [1.807, 2.05) is 13.8 Å². The largest absolute Gasteiger partial charge is 0.394 e. The van der Waals surface area contributed by atoms with E-state index in [-0.39, 0.29) is 5.92 Å². The first-order valence-electron chi connectivity index (χ1n) is 5.36. The third kappa shape index (κ3) is 5.07. The molecule has 1 saturated heterocycles. The van der Waals surface area contributed by atoms with Gasteiger partial charge in [0.1, 0.15) is 24.6 Å². The van der Waals surface area contributed by atoms with Crippen molar-refractivity contribution in [2.24, 2.45) is 11.7 Å². The lowest BCUT2D eigenvalue weighted by Gasteiger charge is -2.38. The maximum Gasteiger partial charge on any atom is 0.173 e. The zero-order valence-corrected chi connectivity index (χ0v) is 9.93. The van der Waals surface area contributed by atoms with Gasteiger partial charge in [0.25, 0.3) is 0 Å². The summed E-state index contributed by atoms with van der Waals surface area (Å²) in [4.78, 5) is 9.50. The molecule has 102 valence electrons. The average molecular weight is 251 g/mol. The highest BCUT2D eigenvalue weighted by atomic mass is 16.6. The molecule has 6 N–H and O–H groups in total. The molecule has 0 saturated carbocycles. The number of carbonyl (C=O) groups is 1. The van der Waals surface area contributed by atoms with E-state index < -0.39 is 37.3 Å². The summed E-state index contributed by atoms with van der Waals surface area (Å²) in [6.07, 6.45) is -3.94. The maximum atomic E-state index is 9.50. The monoisotopic (exact) mass is 251 g/mol. The number of aliphatic hydroxyl groups excluding tert-OH is 4. The summed E-state index contributed by atoms with van der Waals surface area (Å²) in [6, 6.07) is -1.04. The zero-order valence-electron chi connectivity index (χ0n) is 9.93. The summed E-state index contributed by atoms with van der Waals surface area (Å²) in [7, 11) is 0. The molecule has 0 amide bonds. The molecule has 5 atom stereocenters. The lowest BCUT2D eigenvalue weighted by atomic mass is 9.98. The first kappa shape index (κ1) is 16.4. The van der Waals surface area contributed by atoms with Crippen LogP contribution in [0.15, 0.2) is 0 Å². The number of ether oxygens (including phenoxy) is 1. The van der Waals surface area contributed by atoms with Crippen molar-refractivity contribution >= 4 is 6.29 Å². The molecular formula is C10H21NO6. The van der Waals surface area contributed by atoms with Crippen molar-refractivity contribution in [3.05, 3.63) is 0 Å². The molecule has 1 rings (SSSR count). The van der Waals surface area contributed by atoms with E-state index in [0.29, 0.717) is 0 Å². The molecule has 0 aromatic carbocycles. The van der Waals surface area contributed by atoms with Gasteiger partial charge in [-0.25, -0.2) is 0 Å². The van der Waals surface area contributed by atoms with Crippen LogP contribution in [0.25, 0.3) is 0 Å². The second-order valence-electron chi connectivity index (χ2n) is 4.19. The Bertz CT molecular complexity index is 220. The maximum absolute atomic E-state index is 9.50. The second kappa shape index (κ2) is 7.70. The van der Waals surface area contributed by atoms with Crippen LogP contribution in [-0.2, 0) is 9.53 Å². The zero-order chi connectivity index (χ0) is 13.6. The van der Waals surface area contributed by atoms with Crippen LogP contribution in [0.2, 0.25) is 0 Å². The summed E-state index contributed by atoms with van der Waals surface area (Å²) < 4.78 is 4.70. The highest BCUT2D eigenvalue weighted by Crippen LogP contribution is 2.17. The summed E-state index contributed by atoms with van der Waals surface area (Å²) in [5.41, 5.74) is 5.26. The number of carbonyl (C=O) groups excluding carboxylic acids is 1. The summed E-state index contributed by atoms with van der Waals surface area (Å²) >= 11 is 0. The Labute approximate surface area is 99.8 Å². The molecule has 0 aromatic rings. The molecule has 1 aliphatic rings. The quantitative estimate of drug-likeness (QED) is 0.345. The molecule has 0 bridgehead atoms. The molecule has 1 fully saturated rings. The van der Waals surface area contributed by atoms with Crippen LogP contribution >= 0.6 is 0 Å². The second-order valence-corrected chi connectivity index (χ2v) is 4.19. The van der Waals surface area contributed by atoms with Crippen molar-refractivity contribution in [1.82, 2.24) is 0 Å². The van der Waals surface area contributed by atoms with Crippen LogP contribution in [0.3, 0.4) is 0 Å². The molecule has 1 aliphatic heterocycles. The number of hydrogen-bond acceptors (Lipinski definition) is 7. The molecule has 7 heteroatoms. The standard InChI is InChI=1S/C6H13NO5.C4H8O/c7-3-5(10)4(9)2(1-8)12-6(3)11;1-4(2)3-5/h2-6,8-11H,1,7H2;3-4H,1-2H3/t2-,3-,4-,5-,6-;/m1./s1. The van der Waals surface area contributed by atoms with Gasteiger partial charge in [-0.05, 0) is 0 Å². The minimum atomic E-state index is -1.35. The van der Waals surface area contributed by atoms with Crippen molar-refractivity contribution in [3.8, 4) is 0 Å². The number of aldehydes is 1. The third-order valence-corrected chi connectivity index (χ3v) is 2.22. The smallest absolute Gasteiger partial charge is 0.173 e. The van der Waals surface area contributed by atoms with Crippen LogP contribution < -0.4 is 5.73 Å². The predicted octanol–water partition coefficient (Wildman–Crippen LogP) is -2.41. The van der Waals surface area contributed by atoms with Gasteiger partial charge in [0, 0.05) is 5.92 Å². The Morgan fingerprint density at radius 2 is 1.76 bits per heavy atom. The molecule has 0 radical (unpaired) electrons. The normalized spacial score (nSPS) is 37.3. The third-order valence-electron chi connectivity index (χ3n) is 2.22. The van der Waals surface area contributed by atoms with Gasteiger partial charge < -0.3 is 35.7 Å². The van der Waals surface area contributed by atoms with Gasteiger partial charge in [-0.1, -0.05) is 13.8 Å². The van der Waals surface area contributed by atoms with Crippen LogP contribution in [0, 0.1) is 5.92 Å². The minimum Gasteiger partial charge on any atom is -0.394 e. The summed E-state index contributed by atoms with van der Waals surface area (Å²) in [5, 5.41) is 36.1. The van der Waals surface area contributed by atoms with Gasteiger partial charge in [0.2, 0.25) is 0 Å². The molecular weight excluding hydrogens is 230 g/mol. The van der Waals surface area contributed by atoms with Crippen molar-refractivity contribution in [3.63, 3.8) is 0 Å². The highest BCUT2D eigenvalue weighted by molar-refractivity contribution is 5.51. The topological polar surface area (TPSA) is 133 Å². The fourth-order valence-corrected chi connectivity index (χ4v) is 1.12. The number of aliphatic hydroxyl groups is 4. The predicted molar refractivity (Wildman–Crippen MR) is 58.9 cm³/mol. The fourth-order valence-electron chi connectivity index (χ4n) is 1.12. The van der Waals surface area contributed by atoms with Gasteiger partial charge in [0.15, 0.2) is 6.29 Å². The minimum absolute atomic E-state index is 0.204. The lowest BCUT2D eigenvalue weighted by molar-refractivity contribution is -0.248. The molecule has 0 aliphatic carbocycles. The fraction of sp³-hybridized carbons (Fsp3) is 0.900. The SMILES string of the molecule is CC(C)C=O.N[C@@H]1[C@@H](O)[C@H](O)[C@@H](CO)O[C@H]1O. The van der Waals surface area contributed by atoms with E-state index in [4.69, 9.17) is 20.7 Å². The van der Waals surface area contributed by atoms with Crippen LogP contribution in [-0.4, -0.2) is 64.0 Å². The van der Waals surface area contributed by atoms with Gasteiger partial charge in [-0.2, -0.15) is 0 Å².